The molecule has 1 aliphatic heterocycles. The van der Waals surface area contributed by atoms with Crippen LogP contribution in [0.4, 0.5) is 5.69 Å². The lowest BCUT2D eigenvalue weighted by molar-refractivity contribution is -0.120. The van der Waals surface area contributed by atoms with E-state index in [9.17, 15) is 14.4 Å². The summed E-state index contributed by atoms with van der Waals surface area (Å²) in [6.45, 7) is 1.09. The molecule has 2 aromatic carbocycles. The number of anilines is 1. The van der Waals surface area contributed by atoms with Gasteiger partial charge < -0.3 is 15.3 Å². The van der Waals surface area contributed by atoms with Crippen molar-refractivity contribution >= 4 is 23.5 Å². The summed E-state index contributed by atoms with van der Waals surface area (Å²) in [4.78, 5) is 36.7. The van der Waals surface area contributed by atoms with E-state index in [-0.39, 0.29) is 23.8 Å². The van der Waals surface area contributed by atoms with Crippen LogP contribution in [0.2, 0.25) is 0 Å². The van der Waals surface area contributed by atoms with Gasteiger partial charge >= 0.3 is 5.97 Å². The summed E-state index contributed by atoms with van der Waals surface area (Å²) in [5, 5.41) is 11.8. The van der Waals surface area contributed by atoms with Crippen molar-refractivity contribution in [1.29, 1.82) is 0 Å². The van der Waals surface area contributed by atoms with Gasteiger partial charge in [0.1, 0.15) is 0 Å². The Kier molecular flexibility index (Phi) is 5.31. The number of nitrogens with one attached hydrogen (secondary N) is 1. The van der Waals surface area contributed by atoms with Crippen molar-refractivity contribution in [3.05, 3.63) is 65.2 Å². The Balaban J connectivity index is 1.59. The van der Waals surface area contributed by atoms with Gasteiger partial charge in [0.05, 0.1) is 12.0 Å². The Hall–Kier alpha value is -3.15. The van der Waals surface area contributed by atoms with E-state index in [1.54, 1.807) is 17.0 Å². The highest BCUT2D eigenvalue weighted by molar-refractivity contribution is 5.95. The molecular formula is C20H20N2O4. The van der Waals surface area contributed by atoms with Gasteiger partial charge in [-0.25, -0.2) is 4.79 Å². The molecular weight excluding hydrogens is 332 g/mol. The highest BCUT2D eigenvalue weighted by atomic mass is 16.4. The van der Waals surface area contributed by atoms with Crippen LogP contribution in [0.1, 0.15) is 34.3 Å². The maximum absolute atomic E-state index is 12.1. The number of carbonyl (C=O) groups excluding carboxylic acids is 2. The molecule has 2 N–H and O–H groups in total. The van der Waals surface area contributed by atoms with Crippen molar-refractivity contribution < 1.29 is 19.5 Å². The number of amides is 2. The van der Waals surface area contributed by atoms with Crippen LogP contribution in [0.3, 0.4) is 0 Å². The van der Waals surface area contributed by atoms with Gasteiger partial charge in [-0.05, 0) is 41.8 Å². The van der Waals surface area contributed by atoms with Gasteiger partial charge in [0, 0.05) is 25.2 Å². The van der Waals surface area contributed by atoms with Crippen molar-refractivity contribution in [2.24, 2.45) is 0 Å². The van der Waals surface area contributed by atoms with E-state index in [0.29, 0.717) is 18.5 Å². The summed E-state index contributed by atoms with van der Waals surface area (Å²) in [5.74, 6) is -1.07. The van der Waals surface area contributed by atoms with Crippen LogP contribution in [0.15, 0.2) is 48.5 Å². The molecule has 1 aliphatic rings. The fraction of sp³-hybridized carbons (Fsp3) is 0.250. The van der Waals surface area contributed by atoms with Gasteiger partial charge in [0.25, 0.3) is 0 Å². The molecule has 0 aromatic heterocycles. The minimum atomic E-state index is -1.01. The SMILES string of the molecule is O=C(Cc1cccc(C(=O)O)c1)NCc1cccc(N2CCCC2=O)c1. The minimum absolute atomic E-state index is 0.116. The fourth-order valence-electron chi connectivity index (χ4n) is 3.02. The maximum Gasteiger partial charge on any atom is 0.335 e. The number of carbonyl (C=O) groups is 3. The van der Waals surface area contributed by atoms with E-state index >= 15 is 0 Å². The first-order valence-corrected chi connectivity index (χ1v) is 8.51. The van der Waals surface area contributed by atoms with E-state index in [1.165, 1.54) is 12.1 Å². The lowest BCUT2D eigenvalue weighted by Gasteiger charge is -2.16. The molecule has 3 rings (SSSR count). The van der Waals surface area contributed by atoms with Crippen LogP contribution in [0, 0.1) is 0 Å². The molecule has 0 saturated carbocycles. The number of aromatic carboxylic acids is 1. The Morgan fingerprint density at radius 2 is 1.85 bits per heavy atom. The number of hydrogen-bond acceptors (Lipinski definition) is 3. The molecule has 0 radical (unpaired) electrons. The maximum atomic E-state index is 12.1. The molecule has 0 spiro atoms. The van der Waals surface area contributed by atoms with Crippen LogP contribution >= 0.6 is 0 Å². The quantitative estimate of drug-likeness (QED) is 0.836. The first-order chi connectivity index (χ1) is 12.5. The second-order valence-electron chi connectivity index (χ2n) is 6.28. The van der Waals surface area contributed by atoms with E-state index in [0.717, 1.165) is 24.2 Å². The Bertz CT molecular complexity index is 847. The summed E-state index contributed by atoms with van der Waals surface area (Å²) in [5.41, 5.74) is 2.58. The molecule has 1 heterocycles. The minimum Gasteiger partial charge on any atom is -0.478 e. The average molecular weight is 352 g/mol. The largest absolute Gasteiger partial charge is 0.478 e. The zero-order valence-corrected chi connectivity index (χ0v) is 14.3. The molecule has 1 saturated heterocycles. The molecule has 0 atom stereocenters. The van der Waals surface area contributed by atoms with Crippen molar-refractivity contribution in [2.45, 2.75) is 25.8 Å². The number of carboxylic acid groups (broad SMARTS) is 1. The van der Waals surface area contributed by atoms with E-state index in [4.69, 9.17) is 5.11 Å². The normalized spacial score (nSPS) is 13.7. The Morgan fingerprint density at radius 3 is 2.58 bits per heavy atom. The van der Waals surface area contributed by atoms with E-state index in [1.807, 2.05) is 24.3 Å². The molecule has 0 aliphatic carbocycles. The van der Waals surface area contributed by atoms with Gasteiger partial charge in [-0.2, -0.15) is 0 Å². The molecule has 6 nitrogen and oxygen atoms in total. The van der Waals surface area contributed by atoms with Gasteiger partial charge in [-0.1, -0.05) is 24.3 Å². The van der Waals surface area contributed by atoms with Crippen molar-refractivity contribution in [1.82, 2.24) is 5.32 Å². The number of rotatable bonds is 6. The van der Waals surface area contributed by atoms with Crippen molar-refractivity contribution in [3.8, 4) is 0 Å². The van der Waals surface area contributed by atoms with Crippen LogP contribution in [0.5, 0.6) is 0 Å². The van der Waals surface area contributed by atoms with Crippen LogP contribution < -0.4 is 10.2 Å². The lowest BCUT2D eigenvalue weighted by atomic mass is 10.1. The zero-order valence-electron chi connectivity index (χ0n) is 14.3. The predicted molar refractivity (Wildman–Crippen MR) is 97.0 cm³/mol. The summed E-state index contributed by atoms with van der Waals surface area (Å²) in [6.07, 6.45) is 1.57. The predicted octanol–water partition coefficient (Wildman–Crippen LogP) is 2.37. The molecule has 6 heteroatoms. The second-order valence-corrected chi connectivity index (χ2v) is 6.28. The van der Waals surface area contributed by atoms with Gasteiger partial charge in [-0.15, -0.1) is 0 Å². The van der Waals surface area contributed by atoms with E-state index < -0.39 is 5.97 Å². The molecule has 1 fully saturated rings. The van der Waals surface area contributed by atoms with Crippen LogP contribution in [-0.2, 0) is 22.6 Å². The zero-order chi connectivity index (χ0) is 18.5. The Morgan fingerprint density at radius 1 is 1.08 bits per heavy atom. The Labute approximate surface area is 151 Å². The summed E-state index contributed by atoms with van der Waals surface area (Å²) >= 11 is 0. The fourth-order valence-corrected chi connectivity index (χ4v) is 3.02. The van der Waals surface area contributed by atoms with Gasteiger partial charge in [0.15, 0.2) is 0 Å². The lowest BCUT2D eigenvalue weighted by Crippen LogP contribution is -2.26. The first-order valence-electron chi connectivity index (χ1n) is 8.51. The topological polar surface area (TPSA) is 86.7 Å². The summed E-state index contributed by atoms with van der Waals surface area (Å²) in [6, 6.07) is 13.9. The molecule has 0 bridgehead atoms. The van der Waals surface area contributed by atoms with E-state index in [2.05, 4.69) is 5.32 Å². The van der Waals surface area contributed by atoms with Crippen molar-refractivity contribution in [2.75, 3.05) is 11.4 Å². The molecule has 2 aromatic rings. The van der Waals surface area contributed by atoms with Gasteiger partial charge in [-0.3, -0.25) is 9.59 Å². The molecule has 2 amide bonds. The smallest absolute Gasteiger partial charge is 0.335 e. The summed E-state index contributed by atoms with van der Waals surface area (Å²) < 4.78 is 0. The van der Waals surface area contributed by atoms with Gasteiger partial charge in [0.2, 0.25) is 11.8 Å². The number of hydrogen-bond donors (Lipinski definition) is 2. The second kappa shape index (κ2) is 7.82. The van der Waals surface area contributed by atoms with Crippen LogP contribution in [-0.4, -0.2) is 29.4 Å². The third-order valence-corrected chi connectivity index (χ3v) is 4.32. The molecule has 26 heavy (non-hydrogen) atoms. The highest BCUT2D eigenvalue weighted by Gasteiger charge is 2.21. The monoisotopic (exact) mass is 352 g/mol. The first kappa shape index (κ1) is 17.7. The van der Waals surface area contributed by atoms with Crippen molar-refractivity contribution in [3.63, 3.8) is 0 Å². The standard InChI is InChI=1S/C20H20N2O4/c23-18(12-14-4-1-6-16(10-14)20(25)26)21-13-15-5-2-7-17(11-15)22-9-3-8-19(22)24/h1-2,4-7,10-11H,3,8-9,12-13H2,(H,21,23)(H,25,26). The number of benzene rings is 2. The molecule has 134 valence electrons. The number of nitrogens with zero attached hydrogens (tertiary/aromatic N) is 1. The third-order valence-electron chi connectivity index (χ3n) is 4.32. The third kappa shape index (κ3) is 4.27. The average Bonchev–Trinajstić information content (AvgIpc) is 3.06. The van der Waals surface area contributed by atoms with Crippen LogP contribution in [0.25, 0.3) is 0 Å². The highest BCUT2D eigenvalue weighted by Crippen LogP contribution is 2.22. The summed E-state index contributed by atoms with van der Waals surface area (Å²) in [7, 11) is 0. The number of carboxylic acids is 1. The molecule has 0 unspecified atom stereocenters.